The fraction of sp³-hybridized carbons (Fsp3) is 0.571. The normalized spacial score (nSPS) is 12.0. The second-order valence-electron chi connectivity index (χ2n) is 2.58. The molecule has 0 saturated carbocycles. The molecule has 13 heavy (non-hydrogen) atoms. The van der Waals surface area contributed by atoms with Gasteiger partial charge in [-0.1, -0.05) is 0 Å². The molecule has 1 heterocycles. The second-order valence-corrected chi connectivity index (χ2v) is 5.45. The van der Waals surface area contributed by atoms with Crippen molar-refractivity contribution in [2.24, 2.45) is 0 Å². The highest BCUT2D eigenvalue weighted by Gasteiger charge is 2.43. The van der Waals surface area contributed by atoms with Crippen molar-refractivity contribution in [1.82, 2.24) is 10.2 Å². The molecular formula is C7H14N2O3Si. The Hall–Kier alpha value is -0.693. The van der Waals surface area contributed by atoms with Gasteiger partial charge < -0.3 is 13.3 Å². The summed E-state index contributed by atoms with van der Waals surface area (Å²) >= 11 is 0. The van der Waals surface area contributed by atoms with E-state index in [2.05, 4.69) is 10.2 Å². The van der Waals surface area contributed by atoms with Crippen LogP contribution in [-0.2, 0) is 13.3 Å². The quantitative estimate of drug-likeness (QED) is 0.687. The number of aromatic nitrogens is 2. The van der Waals surface area contributed by atoms with Crippen LogP contribution in [0.5, 0.6) is 0 Å². The molecule has 0 bridgehead atoms. The lowest BCUT2D eigenvalue weighted by Crippen LogP contribution is -2.55. The highest BCUT2D eigenvalue weighted by molar-refractivity contribution is 6.75. The van der Waals surface area contributed by atoms with Crippen LogP contribution >= 0.6 is 0 Å². The van der Waals surface area contributed by atoms with Crippen LogP contribution in [0.2, 0.25) is 0 Å². The first kappa shape index (κ1) is 10.4. The summed E-state index contributed by atoms with van der Waals surface area (Å²) in [6, 6.07) is 0. The molecule has 0 amide bonds. The highest BCUT2D eigenvalue weighted by atomic mass is 28.4. The zero-order valence-electron chi connectivity index (χ0n) is 8.25. The van der Waals surface area contributed by atoms with Gasteiger partial charge in [0.05, 0.1) is 11.4 Å². The molecule has 0 aromatic carbocycles. The van der Waals surface area contributed by atoms with Crippen molar-refractivity contribution in [1.29, 1.82) is 0 Å². The van der Waals surface area contributed by atoms with Crippen LogP contribution in [0.1, 0.15) is 5.69 Å². The predicted molar refractivity (Wildman–Crippen MR) is 49.7 cm³/mol. The number of rotatable bonds is 4. The summed E-state index contributed by atoms with van der Waals surface area (Å²) in [5.74, 6) is 0. The van der Waals surface area contributed by atoms with Gasteiger partial charge in [-0.2, -0.15) is 5.10 Å². The van der Waals surface area contributed by atoms with Gasteiger partial charge in [-0.3, -0.25) is 5.10 Å². The molecule has 0 spiro atoms. The summed E-state index contributed by atoms with van der Waals surface area (Å²) in [6.07, 6.45) is 1.68. The van der Waals surface area contributed by atoms with Crippen LogP contribution in [0.4, 0.5) is 0 Å². The van der Waals surface area contributed by atoms with Crippen LogP contribution in [0.15, 0.2) is 6.20 Å². The van der Waals surface area contributed by atoms with Gasteiger partial charge in [0.1, 0.15) is 0 Å². The van der Waals surface area contributed by atoms with Crippen LogP contribution < -0.4 is 5.19 Å². The minimum atomic E-state index is -2.68. The fourth-order valence-corrected chi connectivity index (χ4v) is 3.14. The fourth-order valence-electron chi connectivity index (χ4n) is 1.24. The third-order valence-electron chi connectivity index (χ3n) is 1.97. The van der Waals surface area contributed by atoms with Crippen LogP contribution in [0.25, 0.3) is 0 Å². The Morgan fingerprint density at radius 3 is 2.08 bits per heavy atom. The maximum absolute atomic E-state index is 5.30. The Balaban J connectivity index is 3.07. The summed E-state index contributed by atoms with van der Waals surface area (Å²) in [7, 11) is 2.05. The van der Waals surface area contributed by atoms with Crippen LogP contribution in [0.3, 0.4) is 0 Å². The van der Waals surface area contributed by atoms with Crippen molar-refractivity contribution in [3.8, 4) is 0 Å². The van der Waals surface area contributed by atoms with Gasteiger partial charge in [0.25, 0.3) is 0 Å². The monoisotopic (exact) mass is 202 g/mol. The Bertz CT molecular complexity index is 264. The van der Waals surface area contributed by atoms with E-state index in [0.717, 1.165) is 10.9 Å². The molecular weight excluding hydrogens is 188 g/mol. The van der Waals surface area contributed by atoms with Gasteiger partial charge in [0.2, 0.25) is 0 Å². The largest absolute Gasteiger partial charge is 0.539 e. The Labute approximate surface area is 78.4 Å². The van der Waals surface area contributed by atoms with Crippen LogP contribution in [-0.4, -0.2) is 40.3 Å². The van der Waals surface area contributed by atoms with Gasteiger partial charge in [0, 0.05) is 27.0 Å². The molecule has 0 saturated heterocycles. The first-order valence-corrected chi connectivity index (χ1v) is 5.58. The lowest BCUT2D eigenvalue weighted by molar-refractivity contribution is 0.140. The minimum absolute atomic E-state index is 0.875. The molecule has 6 heteroatoms. The molecule has 74 valence electrons. The SMILES string of the molecule is CO[Si](OC)(OC)c1cn[nH]c1C. The zero-order valence-corrected chi connectivity index (χ0v) is 9.25. The van der Waals surface area contributed by atoms with Gasteiger partial charge in [-0.05, 0) is 6.92 Å². The van der Waals surface area contributed by atoms with Gasteiger partial charge in [-0.15, -0.1) is 0 Å². The lowest BCUT2D eigenvalue weighted by Gasteiger charge is -2.23. The summed E-state index contributed by atoms with van der Waals surface area (Å²) in [4.78, 5) is 0. The smallest absolute Gasteiger partial charge is 0.373 e. The second kappa shape index (κ2) is 4.01. The van der Waals surface area contributed by atoms with Crippen LogP contribution in [0, 0.1) is 6.92 Å². The molecule has 1 N–H and O–H groups in total. The van der Waals surface area contributed by atoms with E-state index in [0.29, 0.717) is 0 Å². The molecule has 0 atom stereocenters. The molecule has 0 radical (unpaired) electrons. The van der Waals surface area contributed by atoms with Gasteiger partial charge in [0.15, 0.2) is 0 Å². The maximum atomic E-state index is 5.30. The topological polar surface area (TPSA) is 56.4 Å². The van der Waals surface area contributed by atoms with E-state index in [4.69, 9.17) is 13.3 Å². The Kier molecular flexibility index (Phi) is 3.20. The number of hydrogen-bond donors (Lipinski definition) is 1. The molecule has 5 nitrogen and oxygen atoms in total. The number of aromatic amines is 1. The zero-order chi connectivity index (χ0) is 9.90. The van der Waals surface area contributed by atoms with Gasteiger partial charge >= 0.3 is 8.80 Å². The number of nitrogens with zero attached hydrogens (tertiary/aromatic N) is 1. The first-order chi connectivity index (χ1) is 6.20. The molecule has 0 aliphatic rings. The predicted octanol–water partition coefficient (Wildman–Crippen LogP) is -0.197. The van der Waals surface area contributed by atoms with E-state index in [9.17, 15) is 0 Å². The summed E-state index contributed by atoms with van der Waals surface area (Å²) in [5, 5.41) is 7.60. The van der Waals surface area contributed by atoms with E-state index < -0.39 is 8.80 Å². The molecule has 1 rings (SSSR count). The summed E-state index contributed by atoms with van der Waals surface area (Å²) in [6.45, 7) is 1.90. The summed E-state index contributed by atoms with van der Waals surface area (Å²) in [5.41, 5.74) is 0.914. The Morgan fingerprint density at radius 2 is 1.77 bits per heavy atom. The highest BCUT2D eigenvalue weighted by Crippen LogP contribution is 2.07. The minimum Gasteiger partial charge on any atom is -0.373 e. The average Bonchev–Trinajstić information content (AvgIpc) is 2.57. The molecule has 0 aliphatic heterocycles. The Morgan fingerprint density at radius 1 is 1.23 bits per heavy atom. The molecule has 0 fully saturated rings. The third kappa shape index (κ3) is 1.66. The van der Waals surface area contributed by atoms with E-state index in [1.807, 2.05) is 6.92 Å². The molecule has 1 aromatic rings. The van der Waals surface area contributed by atoms with E-state index in [1.54, 1.807) is 27.5 Å². The molecule has 0 aliphatic carbocycles. The third-order valence-corrected chi connectivity index (χ3v) is 4.74. The number of nitrogens with one attached hydrogen (secondary N) is 1. The van der Waals surface area contributed by atoms with E-state index >= 15 is 0 Å². The van der Waals surface area contributed by atoms with E-state index in [-0.39, 0.29) is 0 Å². The number of H-pyrrole nitrogens is 1. The number of hydrogen-bond acceptors (Lipinski definition) is 4. The number of aryl methyl sites for hydroxylation is 1. The van der Waals surface area contributed by atoms with Crippen molar-refractivity contribution in [2.45, 2.75) is 6.92 Å². The maximum Gasteiger partial charge on any atom is 0.539 e. The first-order valence-electron chi connectivity index (χ1n) is 3.86. The van der Waals surface area contributed by atoms with Crippen molar-refractivity contribution >= 4 is 14.0 Å². The molecule has 1 aromatic heterocycles. The summed E-state index contributed by atoms with van der Waals surface area (Å²) < 4.78 is 15.9. The van der Waals surface area contributed by atoms with Crippen molar-refractivity contribution in [3.63, 3.8) is 0 Å². The molecule has 0 unspecified atom stereocenters. The van der Waals surface area contributed by atoms with Crippen molar-refractivity contribution in [3.05, 3.63) is 11.9 Å². The lowest BCUT2D eigenvalue weighted by atomic mass is 10.5. The van der Waals surface area contributed by atoms with Gasteiger partial charge in [-0.25, -0.2) is 0 Å². The standard InChI is InChI=1S/C7H14N2O3Si/c1-6-7(5-8-9-6)13(10-2,11-3)12-4/h5H,1-4H3,(H,8,9). The average molecular weight is 202 g/mol. The van der Waals surface area contributed by atoms with E-state index in [1.165, 1.54) is 0 Å². The van der Waals surface area contributed by atoms with Crippen molar-refractivity contribution < 1.29 is 13.3 Å². The van der Waals surface area contributed by atoms with Crippen molar-refractivity contribution in [2.75, 3.05) is 21.3 Å².